The first-order valence-electron chi connectivity index (χ1n) is 11.6. The monoisotopic (exact) mass is 486 g/mol. The van der Waals surface area contributed by atoms with E-state index < -0.39 is 18.0 Å². The Hall–Kier alpha value is -2.01. The lowest BCUT2D eigenvalue weighted by Gasteiger charge is -2.19. The molecule has 34 heavy (non-hydrogen) atoms. The minimum Gasteiger partial charge on any atom is -0.469 e. The van der Waals surface area contributed by atoms with Crippen molar-refractivity contribution in [2.24, 2.45) is 17.8 Å². The van der Waals surface area contributed by atoms with Gasteiger partial charge in [-0.05, 0) is 52.4 Å². The Bertz CT molecular complexity index is 699. The maximum absolute atomic E-state index is 11.3. The standard InChI is InChI=1S/C10H16O4.C7H12O4.C7H10O2/c1-10(2)13-7-4-6(9(11)12-3)5-8(7)14-10;1-11-7(10)4-2-5(8)6(9)3-4;1-9-7(8)6-4-2-3-5-6/h6-8H,4-5H2,1-3H3;4-6,8-9H,2-3H2,1H3;2-3,6H,4-5H2,1H3/t6?,7-,8+;4?,5-,6+;. The summed E-state index contributed by atoms with van der Waals surface area (Å²) in [7, 11) is 4.15. The van der Waals surface area contributed by atoms with Crippen molar-refractivity contribution < 1.29 is 48.3 Å². The number of fused-ring (bicyclic) bond motifs is 1. The van der Waals surface area contributed by atoms with Crippen molar-refractivity contribution in [3.05, 3.63) is 12.2 Å². The Morgan fingerprint density at radius 2 is 1.06 bits per heavy atom. The molecular formula is C24H38O10. The molecule has 0 spiro atoms. The van der Waals surface area contributed by atoms with E-state index in [4.69, 9.17) is 24.4 Å². The van der Waals surface area contributed by atoms with Gasteiger partial charge in [-0.3, -0.25) is 14.4 Å². The molecule has 0 bridgehead atoms. The Morgan fingerprint density at radius 3 is 1.44 bits per heavy atom. The van der Waals surface area contributed by atoms with Crippen LogP contribution in [0.25, 0.3) is 0 Å². The Labute approximate surface area is 200 Å². The van der Waals surface area contributed by atoms with Crippen LogP contribution in [-0.2, 0) is 38.1 Å². The zero-order chi connectivity index (χ0) is 25.5. The Kier molecular flexibility index (Phi) is 10.5. The molecular weight excluding hydrogens is 448 g/mol. The van der Waals surface area contributed by atoms with Crippen LogP contribution in [0.1, 0.15) is 52.4 Å². The van der Waals surface area contributed by atoms with Crippen LogP contribution in [0.15, 0.2) is 12.2 Å². The predicted molar refractivity (Wildman–Crippen MR) is 119 cm³/mol. The van der Waals surface area contributed by atoms with Crippen molar-refractivity contribution >= 4 is 17.9 Å². The molecule has 3 aliphatic carbocycles. The van der Waals surface area contributed by atoms with Crippen molar-refractivity contribution in [3.63, 3.8) is 0 Å². The number of carbonyl (C=O) groups excluding carboxylic acids is 3. The highest BCUT2D eigenvalue weighted by molar-refractivity contribution is 5.73. The summed E-state index contributed by atoms with van der Waals surface area (Å²) in [5, 5.41) is 18.1. The third-order valence-electron chi connectivity index (χ3n) is 6.43. The van der Waals surface area contributed by atoms with Crippen molar-refractivity contribution in [1.82, 2.24) is 0 Å². The maximum atomic E-state index is 11.3. The first kappa shape index (κ1) is 28.2. The zero-order valence-electron chi connectivity index (χ0n) is 20.6. The maximum Gasteiger partial charge on any atom is 0.309 e. The first-order valence-corrected chi connectivity index (χ1v) is 11.6. The molecule has 4 rings (SSSR count). The highest BCUT2D eigenvalue weighted by Crippen LogP contribution is 2.41. The van der Waals surface area contributed by atoms with E-state index in [-0.39, 0.29) is 47.9 Å². The second kappa shape index (κ2) is 12.6. The fourth-order valence-electron chi connectivity index (χ4n) is 4.65. The van der Waals surface area contributed by atoms with Gasteiger partial charge in [-0.15, -0.1) is 0 Å². The van der Waals surface area contributed by atoms with Crippen LogP contribution < -0.4 is 0 Å². The summed E-state index contributed by atoms with van der Waals surface area (Å²) in [5.74, 6) is -1.34. The Balaban J connectivity index is 0.000000185. The molecule has 10 heteroatoms. The second-order valence-corrected chi connectivity index (χ2v) is 9.39. The largest absolute Gasteiger partial charge is 0.469 e. The van der Waals surface area contributed by atoms with Gasteiger partial charge >= 0.3 is 17.9 Å². The number of aliphatic hydroxyl groups excluding tert-OH is 2. The molecule has 6 atom stereocenters. The number of methoxy groups -OCH3 is 3. The average molecular weight is 487 g/mol. The molecule has 0 aromatic rings. The molecule has 0 aromatic heterocycles. The van der Waals surface area contributed by atoms with Crippen LogP contribution in [0.4, 0.5) is 0 Å². The third kappa shape index (κ3) is 7.76. The van der Waals surface area contributed by atoms with Crippen LogP contribution >= 0.6 is 0 Å². The summed E-state index contributed by atoms with van der Waals surface area (Å²) in [6, 6.07) is 0. The summed E-state index contributed by atoms with van der Waals surface area (Å²) >= 11 is 0. The zero-order valence-corrected chi connectivity index (χ0v) is 20.6. The normalized spacial score (nSPS) is 33.1. The van der Waals surface area contributed by atoms with E-state index in [1.807, 2.05) is 26.0 Å². The number of ether oxygens (including phenoxy) is 5. The summed E-state index contributed by atoms with van der Waals surface area (Å²) in [4.78, 5) is 32.9. The first-order chi connectivity index (χ1) is 16.0. The number of allylic oxidation sites excluding steroid dienone is 2. The van der Waals surface area contributed by atoms with Crippen LogP contribution in [0, 0.1) is 17.8 Å². The average Bonchev–Trinajstić information content (AvgIpc) is 3.58. The molecule has 194 valence electrons. The fraction of sp³-hybridized carbons (Fsp3) is 0.792. The fourth-order valence-corrected chi connectivity index (χ4v) is 4.65. The van der Waals surface area contributed by atoms with Crippen LogP contribution in [0.2, 0.25) is 0 Å². The van der Waals surface area contributed by atoms with Gasteiger partial charge in [0.15, 0.2) is 5.79 Å². The number of hydrogen-bond acceptors (Lipinski definition) is 10. The van der Waals surface area contributed by atoms with E-state index in [9.17, 15) is 14.4 Å². The van der Waals surface area contributed by atoms with Gasteiger partial charge in [0.2, 0.25) is 0 Å². The van der Waals surface area contributed by atoms with Crippen molar-refractivity contribution in [2.45, 2.75) is 82.6 Å². The number of aliphatic hydroxyl groups is 2. The number of esters is 3. The lowest BCUT2D eigenvalue weighted by molar-refractivity contribution is -0.162. The van der Waals surface area contributed by atoms with Gasteiger partial charge in [-0.1, -0.05) is 12.2 Å². The van der Waals surface area contributed by atoms with Gasteiger partial charge in [0, 0.05) is 0 Å². The molecule has 3 fully saturated rings. The lowest BCUT2D eigenvalue weighted by Crippen LogP contribution is -2.24. The number of carbonyl (C=O) groups is 3. The second-order valence-electron chi connectivity index (χ2n) is 9.39. The summed E-state index contributed by atoms with van der Waals surface area (Å²) < 4.78 is 25.1. The van der Waals surface area contributed by atoms with Crippen molar-refractivity contribution in [3.8, 4) is 0 Å². The number of hydrogen-bond donors (Lipinski definition) is 2. The predicted octanol–water partition coefficient (Wildman–Crippen LogP) is 1.51. The molecule has 0 aromatic carbocycles. The van der Waals surface area contributed by atoms with Gasteiger partial charge in [-0.2, -0.15) is 0 Å². The van der Waals surface area contributed by atoms with E-state index in [1.54, 1.807) is 0 Å². The highest BCUT2D eigenvalue weighted by atomic mass is 16.8. The SMILES string of the molecule is COC(=O)C1CC=CC1.COC(=O)C1C[C@@H](O)[C@@H](O)C1.COC(=O)C1C[C@@H]2OC(C)(C)O[C@@H]2C1. The van der Waals surface area contributed by atoms with Crippen molar-refractivity contribution in [2.75, 3.05) is 21.3 Å². The van der Waals surface area contributed by atoms with Gasteiger partial charge in [0.25, 0.3) is 0 Å². The number of rotatable bonds is 3. The summed E-state index contributed by atoms with van der Waals surface area (Å²) in [5.41, 5.74) is 0. The van der Waals surface area contributed by atoms with E-state index >= 15 is 0 Å². The molecule has 0 amide bonds. The van der Waals surface area contributed by atoms with E-state index in [0.717, 1.165) is 25.7 Å². The smallest absolute Gasteiger partial charge is 0.309 e. The van der Waals surface area contributed by atoms with Gasteiger partial charge < -0.3 is 33.9 Å². The van der Waals surface area contributed by atoms with Crippen LogP contribution in [-0.4, -0.2) is 79.7 Å². The van der Waals surface area contributed by atoms with Gasteiger partial charge in [-0.25, -0.2) is 0 Å². The Morgan fingerprint density at radius 1 is 0.706 bits per heavy atom. The highest BCUT2D eigenvalue weighted by Gasteiger charge is 2.49. The molecule has 0 radical (unpaired) electrons. The molecule has 10 nitrogen and oxygen atoms in total. The molecule has 1 aliphatic heterocycles. The topological polar surface area (TPSA) is 138 Å². The van der Waals surface area contributed by atoms with Crippen molar-refractivity contribution in [1.29, 1.82) is 0 Å². The molecule has 2 unspecified atom stereocenters. The molecule has 1 heterocycles. The quantitative estimate of drug-likeness (QED) is 0.343. The van der Waals surface area contributed by atoms with Crippen LogP contribution in [0.5, 0.6) is 0 Å². The van der Waals surface area contributed by atoms with Crippen LogP contribution in [0.3, 0.4) is 0 Å². The molecule has 2 saturated carbocycles. The van der Waals surface area contributed by atoms with E-state index in [2.05, 4.69) is 9.47 Å². The van der Waals surface area contributed by atoms with E-state index in [0.29, 0.717) is 12.8 Å². The molecule has 1 saturated heterocycles. The summed E-state index contributed by atoms with van der Waals surface area (Å²) in [6.07, 6.45) is 6.41. The minimum absolute atomic E-state index is 0.0499. The minimum atomic E-state index is -0.765. The third-order valence-corrected chi connectivity index (χ3v) is 6.43. The summed E-state index contributed by atoms with van der Waals surface area (Å²) in [6.45, 7) is 3.80. The van der Waals surface area contributed by atoms with Gasteiger partial charge in [0.1, 0.15) is 0 Å². The molecule has 4 aliphatic rings. The van der Waals surface area contributed by atoms with E-state index in [1.165, 1.54) is 21.3 Å². The lowest BCUT2D eigenvalue weighted by atomic mass is 10.1. The van der Waals surface area contributed by atoms with Gasteiger partial charge in [0.05, 0.1) is 63.5 Å². The molecule has 2 N–H and O–H groups in total.